The van der Waals surface area contributed by atoms with Crippen LogP contribution in [0.25, 0.3) is 0 Å². The second kappa shape index (κ2) is 8.50. The normalized spacial score (nSPS) is 9.25. The molecule has 0 unspecified atom stereocenters. The second-order valence-electron chi connectivity index (χ2n) is 3.54. The van der Waals surface area contributed by atoms with Gasteiger partial charge in [0, 0.05) is 6.54 Å². The fourth-order valence-electron chi connectivity index (χ4n) is 1.35. The van der Waals surface area contributed by atoms with Gasteiger partial charge in [-0.25, -0.2) is 0 Å². The molecule has 3 nitrogen and oxygen atoms in total. The van der Waals surface area contributed by atoms with Crippen molar-refractivity contribution in [1.82, 2.24) is 4.90 Å². The van der Waals surface area contributed by atoms with E-state index in [-0.39, 0.29) is 24.8 Å². The highest BCUT2D eigenvalue weighted by atomic mass is 35.5. The first kappa shape index (κ1) is 17.7. The van der Waals surface area contributed by atoms with Gasteiger partial charge in [-0.1, -0.05) is 6.07 Å². The monoisotopic (exact) mass is 266 g/mol. The Bertz CT molecular complexity index is 306. The van der Waals surface area contributed by atoms with Gasteiger partial charge in [0.1, 0.15) is 5.75 Å². The van der Waals surface area contributed by atoms with Crippen molar-refractivity contribution in [3.63, 3.8) is 0 Å². The largest absolute Gasteiger partial charge is 0.492 e. The first-order chi connectivity index (χ1) is 6.63. The number of nitrogen functional groups attached to an aromatic ring is 1. The van der Waals surface area contributed by atoms with E-state index in [4.69, 9.17) is 10.5 Å². The van der Waals surface area contributed by atoms with Crippen molar-refractivity contribution in [2.24, 2.45) is 0 Å². The van der Waals surface area contributed by atoms with E-state index in [1.807, 2.05) is 39.2 Å². The number of hydrogen-bond donors (Lipinski definition) is 1. The van der Waals surface area contributed by atoms with Gasteiger partial charge in [-0.2, -0.15) is 0 Å². The molecule has 0 radical (unpaired) electrons. The number of anilines is 1. The van der Waals surface area contributed by atoms with Crippen LogP contribution in [0.3, 0.4) is 0 Å². The number of nitrogens with two attached hydrogens (primary N) is 1. The lowest BCUT2D eigenvalue weighted by molar-refractivity contribution is 0.341. The zero-order chi connectivity index (χ0) is 10.6. The third-order valence-corrected chi connectivity index (χ3v) is 1.87. The Morgan fingerprint density at radius 1 is 1.25 bits per heavy atom. The minimum absolute atomic E-state index is 0. The summed E-state index contributed by atoms with van der Waals surface area (Å²) in [6, 6.07) is 5.93. The van der Waals surface area contributed by atoms with E-state index in [1.54, 1.807) is 0 Å². The topological polar surface area (TPSA) is 38.5 Å². The predicted octanol–water partition coefficient (Wildman–Crippen LogP) is 2.57. The quantitative estimate of drug-likeness (QED) is 0.852. The summed E-state index contributed by atoms with van der Waals surface area (Å²) in [6.07, 6.45) is 0. The molecule has 0 fully saturated rings. The predicted molar refractivity (Wildman–Crippen MR) is 73.9 cm³/mol. The van der Waals surface area contributed by atoms with E-state index in [2.05, 4.69) is 4.90 Å². The van der Waals surface area contributed by atoms with Crippen molar-refractivity contribution in [2.45, 2.75) is 13.5 Å². The number of ether oxygens (including phenoxy) is 1. The molecule has 0 saturated heterocycles. The van der Waals surface area contributed by atoms with Crippen LogP contribution in [0.15, 0.2) is 18.2 Å². The minimum atomic E-state index is 0. The average molecular weight is 267 g/mol. The van der Waals surface area contributed by atoms with Crippen LogP contribution in [0.2, 0.25) is 0 Å². The molecule has 0 aromatic heterocycles. The summed E-state index contributed by atoms with van der Waals surface area (Å²) >= 11 is 0. The van der Waals surface area contributed by atoms with E-state index in [0.29, 0.717) is 12.3 Å². The Hall–Kier alpha value is -0.640. The third kappa shape index (κ3) is 5.45. The van der Waals surface area contributed by atoms with Gasteiger partial charge in [0.25, 0.3) is 0 Å². The van der Waals surface area contributed by atoms with Gasteiger partial charge in [-0.3, -0.25) is 0 Å². The standard InChI is InChI=1S/C11H18N2O.2ClH/c1-4-14-11-6-5-9(7-10(11)12)8-13(2)3;;/h5-7H,4,8,12H2,1-3H3;2*1H. The molecule has 0 aliphatic carbocycles. The fourth-order valence-corrected chi connectivity index (χ4v) is 1.35. The van der Waals surface area contributed by atoms with Gasteiger partial charge in [0.2, 0.25) is 0 Å². The van der Waals surface area contributed by atoms with Crippen LogP contribution in [0.5, 0.6) is 5.75 Å². The summed E-state index contributed by atoms with van der Waals surface area (Å²) in [6.45, 7) is 3.50. The molecule has 0 saturated carbocycles. The molecule has 0 bridgehead atoms. The molecule has 0 atom stereocenters. The van der Waals surface area contributed by atoms with Crippen LogP contribution in [-0.2, 0) is 6.54 Å². The van der Waals surface area contributed by atoms with Gasteiger partial charge in [0.05, 0.1) is 12.3 Å². The van der Waals surface area contributed by atoms with Crippen LogP contribution < -0.4 is 10.5 Å². The van der Waals surface area contributed by atoms with Crippen molar-refractivity contribution >= 4 is 30.5 Å². The highest BCUT2D eigenvalue weighted by Gasteiger charge is 2.01. The lowest BCUT2D eigenvalue weighted by Gasteiger charge is -2.12. The smallest absolute Gasteiger partial charge is 0.142 e. The molecular formula is C11H20Cl2N2O. The molecule has 2 N–H and O–H groups in total. The van der Waals surface area contributed by atoms with Crippen molar-refractivity contribution in [2.75, 3.05) is 26.4 Å². The minimum Gasteiger partial charge on any atom is -0.492 e. The zero-order valence-electron chi connectivity index (χ0n) is 9.90. The van der Waals surface area contributed by atoms with Crippen molar-refractivity contribution in [3.8, 4) is 5.75 Å². The number of benzene rings is 1. The van der Waals surface area contributed by atoms with Crippen molar-refractivity contribution < 1.29 is 4.74 Å². The summed E-state index contributed by atoms with van der Waals surface area (Å²) in [5.41, 5.74) is 7.76. The van der Waals surface area contributed by atoms with E-state index in [1.165, 1.54) is 5.56 Å². The molecular weight excluding hydrogens is 247 g/mol. The fraction of sp³-hybridized carbons (Fsp3) is 0.455. The molecule has 1 aromatic rings. The van der Waals surface area contributed by atoms with Crippen molar-refractivity contribution in [3.05, 3.63) is 23.8 Å². The molecule has 94 valence electrons. The molecule has 0 heterocycles. The molecule has 0 aliphatic heterocycles. The lowest BCUT2D eigenvalue weighted by Crippen LogP contribution is -2.11. The Labute approximate surface area is 110 Å². The molecule has 0 spiro atoms. The summed E-state index contributed by atoms with van der Waals surface area (Å²) < 4.78 is 5.36. The van der Waals surface area contributed by atoms with E-state index < -0.39 is 0 Å². The molecule has 0 amide bonds. The van der Waals surface area contributed by atoms with Gasteiger partial charge in [-0.05, 0) is 38.7 Å². The van der Waals surface area contributed by atoms with Crippen molar-refractivity contribution in [1.29, 1.82) is 0 Å². The number of rotatable bonds is 4. The SMILES string of the molecule is CCOc1ccc(CN(C)C)cc1N.Cl.Cl. The maximum atomic E-state index is 5.84. The highest BCUT2D eigenvalue weighted by molar-refractivity contribution is 5.85. The van der Waals surface area contributed by atoms with Gasteiger partial charge in [-0.15, -0.1) is 24.8 Å². The van der Waals surface area contributed by atoms with Gasteiger partial charge < -0.3 is 15.4 Å². The molecule has 1 rings (SSSR count). The Kier molecular flexibility index (Phi) is 9.43. The van der Waals surface area contributed by atoms with Crippen LogP contribution in [0, 0.1) is 0 Å². The summed E-state index contributed by atoms with van der Waals surface area (Å²) in [4.78, 5) is 2.11. The van der Waals surface area contributed by atoms with E-state index >= 15 is 0 Å². The first-order valence-corrected chi connectivity index (χ1v) is 4.79. The van der Waals surface area contributed by atoms with Gasteiger partial charge in [0.15, 0.2) is 0 Å². The Balaban J connectivity index is 0. The number of hydrogen-bond acceptors (Lipinski definition) is 3. The average Bonchev–Trinajstić information content (AvgIpc) is 2.09. The highest BCUT2D eigenvalue weighted by Crippen LogP contribution is 2.22. The third-order valence-electron chi connectivity index (χ3n) is 1.87. The zero-order valence-corrected chi connectivity index (χ0v) is 11.5. The molecule has 1 aromatic carbocycles. The van der Waals surface area contributed by atoms with Gasteiger partial charge >= 0.3 is 0 Å². The van der Waals surface area contributed by atoms with Crippen LogP contribution in [0.4, 0.5) is 5.69 Å². The van der Waals surface area contributed by atoms with Crippen LogP contribution in [0.1, 0.15) is 12.5 Å². The summed E-state index contributed by atoms with van der Waals surface area (Å²) in [7, 11) is 4.07. The van der Waals surface area contributed by atoms with Crippen LogP contribution >= 0.6 is 24.8 Å². The van der Waals surface area contributed by atoms with E-state index in [9.17, 15) is 0 Å². The second-order valence-corrected chi connectivity index (χ2v) is 3.54. The summed E-state index contributed by atoms with van der Waals surface area (Å²) in [5, 5.41) is 0. The number of halogens is 2. The molecule has 0 aliphatic rings. The van der Waals surface area contributed by atoms with E-state index in [0.717, 1.165) is 12.3 Å². The Morgan fingerprint density at radius 3 is 2.31 bits per heavy atom. The first-order valence-electron chi connectivity index (χ1n) is 4.79. The van der Waals surface area contributed by atoms with Crippen LogP contribution in [-0.4, -0.2) is 25.6 Å². The Morgan fingerprint density at radius 2 is 1.88 bits per heavy atom. The number of nitrogens with zero attached hydrogens (tertiary/aromatic N) is 1. The lowest BCUT2D eigenvalue weighted by atomic mass is 10.2. The molecule has 5 heteroatoms. The maximum absolute atomic E-state index is 5.84. The maximum Gasteiger partial charge on any atom is 0.142 e. The molecule has 16 heavy (non-hydrogen) atoms. The summed E-state index contributed by atoms with van der Waals surface area (Å²) in [5.74, 6) is 0.773.